The van der Waals surface area contributed by atoms with Gasteiger partial charge in [-0.1, -0.05) is 0 Å². The summed E-state index contributed by atoms with van der Waals surface area (Å²) in [6.45, 7) is 0. The van der Waals surface area contributed by atoms with Crippen molar-refractivity contribution < 1.29 is 91.1 Å². The second-order valence-corrected chi connectivity index (χ2v) is 1.03. The van der Waals surface area contributed by atoms with Gasteiger partial charge in [-0.3, -0.25) is 0 Å². The number of hydrogen-bond acceptors (Lipinski definition) is 12. The monoisotopic (exact) mass is 514 g/mol. The minimum atomic E-state index is -2.33. The Labute approximate surface area is 128 Å². The number of rotatable bonds is 0. The zero-order valence-electron chi connectivity index (χ0n) is 8.89. The summed E-state index contributed by atoms with van der Waals surface area (Å²) in [6, 6.07) is 0. The molecule has 0 aromatic rings. The van der Waals surface area contributed by atoms with Crippen LogP contribution >= 0.6 is 0 Å². The summed E-state index contributed by atoms with van der Waals surface area (Å²) in [6.07, 6.45) is -8.83. The van der Waals surface area contributed by atoms with Gasteiger partial charge >= 0.3 is 6.16 Å². The van der Waals surface area contributed by atoms with E-state index in [-0.39, 0.29) is 43.4 Å². The number of carboxylic acid groups (broad SMARTS) is 8. The predicted molar refractivity (Wildman–Crippen MR) is 36.9 cm³/mol. The SMILES string of the molecule is N.N.O=C(O)O.O=C([O-])[O-].O=C([O-])[O-].O=C([O-])[O-].[U]. The summed E-state index contributed by atoms with van der Waals surface area (Å²) < 4.78 is 0. The molecule has 0 atom stereocenters. The van der Waals surface area contributed by atoms with Gasteiger partial charge in [0.1, 0.15) is 0 Å². The van der Waals surface area contributed by atoms with E-state index in [9.17, 15) is 0 Å². The molecular formula is C4H8N2O12U-6. The first-order chi connectivity index (χ1) is 6.93. The van der Waals surface area contributed by atoms with E-state index < -0.39 is 24.6 Å². The molecule has 0 unspecified atom stereocenters. The minimum Gasteiger partial charge on any atom is -0.652 e. The Kier molecular flexibility index (Phi) is 82.4. The second-order valence-electron chi connectivity index (χ2n) is 1.03. The normalized spacial score (nSPS) is 5.05. The van der Waals surface area contributed by atoms with Crippen molar-refractivity contribution in [3.8, 4) is 0 Å². The topological polar surface area (TPSA) is 317 Å². The van der Waals surface area contributed by atoms with E-state index in [1.807, 2.05) is 0 Å². The van der Waals surface area contributed by atoms with Crippen LogP contribution in [0.3, 0.4) is 0 Å². The van der Waals surface area contributed by atoms with Crippen molar-refractivity contribution in [2.75, 3.05) is 0 Å². The maximum absolute atomic E-state index is 8.56. The van der Waals surface area contributed by atoms with Gasteiger partial charge in [-0.15, -0.1) is 0 Å². The Balaban J connectivity index is -0.0000000192. The molecular weight excluding hydrogens is 506 g/mol. The van der Waals surface area contributed by atoms with Crippen LogP contribution in [-0.2, 0) is 0 Å². The van der Waals surface area contributed by atoms with Crippen LogP contribution in [0.1, 0.15) is 0 Å². The molecule has 0 heterocycles. The van der Waals surface area contributed by atoms with Gasteiger partial charge in [0.25, 0.3) is 0 Å². The van der Waals surface area contributed by atoms with Crippen LogP contribution in [-0.4, -0.2) is 34.8 Å². The van der Waals surface area contributed by atoms with Gasteiger partial charge in [-0.2, -0.15) is 0 Å². The van der Waals surface area contributed by atoms with Crippen molar-refractivity contribution in [1.82, 2.24) is 12.3 Å². The van der Waals surface area contributed by atoms with Crippen molar-refractivity contribution in [3.63, 3.8) is 0 Å². The quantitative estimate of drug-likeness (QED) is 0.233. The third-order valence-electron chi connectivity index (χ3n) is 0. The third-order valence-corrected chi connectivity index (χ3v) is 0. The molecule has 0 radical (unpaired) electrons. The van der Waals surface area contributed by atoms with E-state index in [0.29, 0.717) is 0 Å². The van der Waals surface area contributed by atoms with Crippen molar-refractivity contribution in [3.05, 3.63) is 0 Å². The van der Waals surface area contributed by atoms with E-state index in [2.05, 4.69) is 0 Å². The molecule has 8 N–H and O–H groups in total. The molecule has 0 aliphatic carbocycles. The molecule has 0 aliphatic rings. The molecule has 0 aliphatic heterocycles. The summed E-state index contributed by atoms with van der Waals surface area (Å²) in [4.78, 5) is 33.6. The number of carbonyl (C=O) groups is 4. The summed E-state index contributed by atoms with van der Waals surface area (Å²) in [5, 5.41) is 63.9. The fourth-order valence-corrected chi connectivity index (χ4v) is 0. The molecule has 0 saturated carbocycles. The number of carbonyl (C=O) groups excluding carboxylic acids is 3. The average Bonchev–Trinajstić information content (AvgIpc) is 1.76. The first-order valence-electron chi connectivity index (χ1n) is 2.49. The van der Waals surface area contributed by atoms with Crippen LogP contribution in [0, 0.1) is 31.1 Å². The molecule has 14 nitrogen and oxygen atoms in total. The molecule has 0 amide bonds. The standard InChI is InChI=1S/4CH2O3.2H3N.U/c4*2-1(3)4;;;/h4*(H2,2,3,4);2*1H3;/p-6. The molecule has 0 aromatic carbocycles. The molecule has 116 valence electrons. The molecule has 0 saturated heterocycles. The van der Waals surface area contributed by atoms with Crippen LogP contribution in [0.4, 0.5) is 19.2 Å². The van der Waals surface area contributed by atoms with Gasteiger partial charge in [0.2, 0.25) is 0 Å². The first kappa shape index (κ1) is 43.5. The zero-order valence-corrected chi connectivity index (χ0v) is 13.1. The maximum Gasteiger partial charge on any atom is 0.503 e. The van der Waals surface area contributed by atoms with E-state index in [4.69, 9.17) is 60.0 Å². The molecule has 0 aromatic heterocycles. The fourth-order valence-electron chi connectivity index (χ4n) is 0. The van der Waals surface area contributed by atoms with Gasteiger partial charge in [0.15, 0.2) is 0 Å². The van der Waals surface area contributed by atoms with Crippen LogP contribution in [0.5, 0.6) is 0 Å². The largest absolute Gasteiger partial charge is 0.652 e. The summed E-state index contributed by atoms with van der Waals surface area (Å²) in [5.41, 5.74) is 0. The Morgan fingerprint density at radius 2 is 0.579 bits per heavy atom. The van der Waals surface area contributed by atoms with Crippen molar-refractivity contribution in [1.29, 1.82) is 0 Å². The minimum absolute atomic E-state index is 0. The first-order valence-corrected chi connectivity index (χ1v) is 2.49. The summed E-state index contributed by atoms with van der Waals surface area (Å²) in [7, 11) is 0. The van der Waals surface area contributed by atoms with Gasteiger partial charge in [0, 0.05) is 31.1 Å². The summed E-state index contributed by atoms with van der Waals surface area (Å²) in [5.74, 6) is 0. The fraction of sp³-hybridized carbons (Fsp3) is 0. The van der Waals surface area contributed by atoms with Gasteiger partial charge < -0.3 is 67.5 Å². The Hall–Kier alpha value is -1.95. The molecule has 0 bridgehead atoms. The van der Waals surface area contributed by atoms with E-state index in [1.54, 1.807) is 0 Å². The van der Waals surface area contributed by atoms with Crippen molar-refractivity contribution in [2.45, 2.75) is 0 Å². The molecule has 19 heavy (non-hydrogen) atoms. The Bertz CT molecular complexity index is 168. The van der Waals surface area contributed by atoms with Crippen molar-refractivity contribution in [2.24, 2.45) is 0 Å². The van der Waals surface area contributed by atoms with Crippen molar-refractivity contribution >= 4 is 24.6 Å². The molecule has 0 fully saturated rings. The van der Waals surface area contributed by atoms with Crippen LogP contribution < -0.4 is 42.9 Å². The smallest absolute Gasteiger partial charge is 0.503 e. The van der Waals surface area contributed by atoms with Crippen LogP contribution in [0.25, 0.3) is 0 Å². The van der Waals surface area contributed by atoms with Gasteiger partial charge in [0.05, 0.1) is 0 Å². The van der Waals surface area contributed by atoms with E-state index in [1.165, 1.54) is 0 Å². The Morgan fingerprint density at radius 1 is 0.579 bits per heavy atom. The molecule has 0 spiro atoms. The third kappa shape index (κ3) is 835. The average molecular weight is 514 g/mol. The van der Waals surface area contributed by atoms with E-state index >= 15 is 0 Å². The maximum atomic E-state index is 8.56. The second kappa shape index (κ2) is 36.0. The van der Waals surface area contributed by atoms with Gasteiger partial charge in [-0.25, -0.2) is 4.79 Å². The van der Waals surface area contributed by atoms with E-state index in [0.717, 1.165) is 0 Å². The molecule has 0 rings (SSSR count). The molecule has 15 heteroatoms. The summed E-state index contributed by atoms with van der Waals surface area (Å²) >= 11 is 0. The van der Waals surface area contributed by atoms with Crippen LogP contribution in [0.15, 0.2) is 0 Å². The number of hydrogen-bond donors (Lipinski definition) is 4. The van der Waals surface area contributed by atoms with Crippen LogP contribution in [0.2, 0.25) is 0 Å². The Morgan fingerprint density at radius 3 is 0.579 bits per heavy atom. The van der Waals surface area contributed by atoms with Gasteiger partial charge in [-0.05, 0) is 18.5 Å². The predicted octanol–water partition coefficient (Wildman–Crippen LogP) is -6.79. The zero-order chi connectivity index (χ0) is 14.3.